The Labute approximate surface area is 556 Å². The fraction of sp³-hybridized carbons (Fsp3) is 0.944. The van der Waals surface area contributed by atoms with Gasteiger partial charge in [0.2, 0.25) is 0 Å². The van der Waals surface area contributed by atoms with E-state index in [1.54, 1.807) is 0 Å². The van der Waals surface area contributed by atoms with Crippen LogP contribution >= 0.6 is 15.6 Å². The molecule has 0 rings (SSSR count). The minimum Gasteiger partial charge on any atom is -0.462 e. The molecule has 0 aliphatic heterocycles. The van der Waals surface area contributed by atoms with E-state index in [2.05, 4.69) is 48.5 Å². The van der Waals surface area contributed by atoms with Gasteiger partial charge in [-0.15, -0.1) is 0 Å². The Morgan fingerprint density at radius 3 is 0.747 bits per heavy atom. The van der Waals surface area contributed by atoms with Crippen molar-refractivity contribution in [1.82, 2.24) is 0 Å². The maximum absolute atomic E-state index is 13.0. The Morgan fingerprint density at radius 2 is 0.505 bits per heavy atom. The van der Waals surface area contributed by atoms with Crippen LogP contribution in [0.5, 0.6) is 0 Å². The molecule has 0 fully saturated rings. The number of carbonyl (C=O) groups excluding carboxylic acids is 4. The van der Waals surface area contributed by atoms with Gasteiger partial charge in [0.1, 0.15) is 19.3 Å². The van der Waals surface area contributed by atoms with Gasteiger partial charge in [-0.05, 0) is 43.4 Å². The predicted molar refractivity (Wildman–Crippen MR) is 368 cm³/mol. The topological polar surface area (TPSA) is 237 Å². The van der Waals surface area contributed by atoms with Crippen molar-refractivity contribution in [3.8, 4) is 0 Å². The summed E-state index contributed by atoms with van der Waals surface area (Å²) in [6.45, 7) is 11.8. The molecule has 2 unspecified atom stereocenters. The Kier molecular flexibility index (Phi) is 61.5. The van der Waals surface area contributed by atoms with E-state index in [4.69, 9.17) is 37.0 Å². The number of phosphoric acid groups is 2. The number of rotatable bonds is 70. The summed E-state index contributed by atoms with van der Waals surface area (Å²) in [5, 5.41) is 10.6. The van der Waals surface area contributed by atoms with Gasteiger partial charge in [0.15, 0.2) is 12.2 Å². The molecule has 0 aliphatic rings. The fourth-order valence-electron chi connectivity index (χ4n) is 10.9. The molecule has 0 saturated carbocycles. The highest BCUT2D eigenvalue weighted by Gasteiger charge is 2.30. The minimum absolute atomic E-state index is 0.103. The zero-order valence-corrected chi connectivity index (χ0v) is 61.1. The lowest BCUT2D eigenvalue weighted by Gasteiger charge is -2.21. The maximum atomic E-state index is 13.0. The van der Waals surface area contributed by atoms with Crippen LogP contribution in [0.2, 0.25) is 0 Å². The fourth-order valence-corrected chi connectivity index (χ4v) is 12.5. The van der Waals surface area contributed by atoms with Gasteiger partial charge in [-0.2, -0.15) is 0 Å². The molecule has 0 aliphatic carbocycles. The second-order valence-electron chi connectivity index (χ2n) is 27.4. The molecule has 17 nitrogen and oxygen atoms in total. The van der Waals surface area contributed by atoms with Crippen molar-refractivity contribution < 1.29 is 80.2 Å². The summed E-state index contributed by atoms with van der Waals surface area (Å²) in [4.78, 5) is 72.3. The van der Waals surface area contributed by atoms with Crippen LogP contribution in [0.15, 0.2) is 0 Å². The highest BCUT2D eigenvalue weighted by molar-refractivity contribution is 7.47. The van der Waals surface area contributed by atoms with E-state index in [9.17, 15) is 43.2 Å². The van der Waals surface area contributed by atoms with Crippen LogP contribution < -0.4 is 0 Å². The quantitative estimate of drug-likeness (QED) is 0.0222. The van der Waals surface area contributed by atoms with E-state index in [1.165, 1.54) is 167 Å². The van der Waals surface area contributed by atoms with Crippen molar-refractivity contribution in [3.63, 3.8) is 0 Å². The Morgan fingerprint density at radius 1 is 0.297 bits per heavy atom. The lowest BCUT2D eigenvalue weighted by atomic mass is 10.0. The molecule has 0 radical (unpaired) electrons. The Bertz CT molecular complexity index is 1780. The molecule has 0 heterocycles. The van der Waals surface area contributed by atoms with E-state index in [1.807, 2.05) is 0 Å². The van der Waals surface area contributed by atoms with Crippen molar-refractivity contribution in [1.29, 1.82) is 0 Å². The average molecular weight is 1340 g/mol. The van der Waals surface area contributed by atoms with E-state index < -0.39 is 97.5 Å². The van der Waals surface area contributed by atoms with Gasteiger partial charge in [0, 0.05) is 25.7 Å². The lowest BCUT2D eigenvalue weighted by Crippen LogP contribution is -2.30. The summed E-state index contributed by atoms with van der Waals surface area (Å²) < 4.78 is 68.1. The molecular weight excluding hydrogens is 1200 g/mol. The van der Waals surface area contributed by atoms with Crippen LogP contribution in [0.1, 0.15) is 363 Å². The summed E-state index contributed by atoms with van der Waals surface area (Å²) in [6, 6.07) is 0. The van der Waals surface area contributed by atoms with Crippen LogP contribution in [0.4, 0.5) is 0 Å². The Hall–Kier alpha value is -1.94. The molecule has 0 spiro atoms. The molecule has 19 heteroatoms. The summed E-state index contributed by atoms with van der Waals surface area (Å²) in [6.07, 6.45) is 47.8. The van der Waals surface area contributed by atoms with Gasteiger partial charge in [0.25, 0.3) is 0 Å². The minimum atomic E-state index is -4.95. The normalized spacial score (nSPS) is 14.2. The smallest absolute Gasteiger partial charge is 0.462 e. The molecule has 0 aromatic rings. The third-order valence-corrected chi connectivity index (χ3v) is 18.5. The lowest BCUT2D eigenvalue weighted by molar-refractivity contribution is -0.161. The first-order valence-corrected chi connectivity index (χ1v) is 40.3. The zero-order valence-electron chi connectivity index (χ0n) is 59.3. The van der Waals surface area contributed by atoms with Crippen LogP contribution in [-0.4, -0.2) is 96.7 Å². The number of phosphoric ester groups is 2. The second kappa shape index (κ2) is 62.8. The second-order valence-corrected chi connectivity index (χ2v) is 30.3. The standard InChI is InChI=1S/C72H140O17P2/c1-8-9-10-36-46-53-69(74)82-59-67(88-72(77)56-49-42-35-29-28-32-39-45-52-65(6)7)61-86-90(78,79)84-57-66(73)58-85-91(80,81)87-62-68(60-83-70(75)54-47-40-33-26-23-19-21-25-31-38-44-51-64(4)5)89-71(76)55-48-41-34-27-22-18-16-14-12-11-13-15-17-20-24-30-37-43-50-63(2)3/h63-68,73H,8-62H2,1-7H3,(H,78,79)(H,80,81)/t66-,67+,68+/m0/s1. The summed E-state index contributed by atoms with van der Waals surface area (Å²) in [5.41, 5.74) is 0. The average Bonchev–Trinajstić information content (AvgIpc) is 3.21. The highest BCUT2D eigenvalue weighted by atomic mass is 31.2. The number of unbranched alkanes of at least 4 members (excludes halogenated alkanes) is 38. The van der Waals surface area contributed by atoms with Crippen molar-refractivity contribution in [2.75, 3.05) is 39.6 Å². The van der Waals surface area contributed by atoms with Crippen molar-refractivity contribution in [2.24, 2.45) is 17.8 Å². The molecule has 0 aromatic heterocycles. The largest absolute Gasteiger partial charge is 0.472 e. The summed E-state index contributed by atoms with van der Waals surface area (Å²) in [7, 11) is -9.89. The molecule has 0 saturated heterocycles. The SMILES string of the molecule is CCCCCCCC(=O)OC[C@H](COP(=O)(O)OC[C@H](O)COP(=O)(O)OC[C@@H](COC(=O)CCCCCCCCCCCCCC(C)C)OC(=O)CCCCCCCCCCCCCCCCCCCCC(C)C)OC(=O)CCCCCCCCCCC(C)C. The first-order valence-electron chi connectivity index (χ1n) is 37.3. The van der Waals surface area contributed by atoms with Gasteiger partial charge in [0.05, 0.1) is 26.4 Å². The van der Waals surface area contributed by atoms with Gasteiger partial charge in [-0.3, -0.25) is 37.3 Å². The van der Waals surface area contributed by atoms with E-state index >= 15 is 0 Å². The molecule has 0 aromatic carbocycles. The van der Waals surface area contributed by atoms with Gasteiger partial charge in [-0.25, -0.2) is 9.13 Å². The van der Waals surface area contributed by atoms with E-state index in [0.717, 1.165) is 114 Å². The molecule has 3 N–H and O–H groups in total. The van der Waals surface area contributed by atoms with Gasteiger partial charge < -0.3 is 33.8 Å². The third-order valence-electron chi connectivity index (χ3n) is 16.6. The molecule has 0 amide bonds. The van der Waals surface area contributed by atoms with Crippen LogP contribution in [-0.2, 0) is 65.4 Å². The molecule has 91 heavy (non-hydrogen) atoms. The predicted octanol–water partition coefficient (Wildman–Crippen LogP) is 20.6. The number of esters is 4. The number of aliphatic hydroxyl groups is 1. The Balaban J connectivity index is 5.12. The van der Waals surface area contributed by atoms with E-state index in [-0.39, 0.29) is 25.7 Å². The molecular formula is C72H140O17P2. The number of aliphatic hydroxyl groups excluding tert-OH is 1. The van der Waals surface area contributed by atoms with Crippen molar-refractivity contribution in [2.45, 2.75) is 381 Å². The molecule has 5 atom stereocenters. The first kappa shape index (κ1) is 89.1. The number of ether oxygens (including phenoxy) is 4. The first-order chi connectivity index (χ1) is 43.7. The van der Waals surface area contributed by atoms with Gasteiger partial charge >= 0.3 is 39.5 Å². The number of hydrogen-bond donors (Lipinski definition) is 3. The number of hydrogen-bond acceptors (Lipinski definition) is 15. The van der Waals surface area contributed by atoms with Crippen LogP contribution in [0.25, 0.3) is 0 Å². The number of carbonyl (C=O) groups is 4. The monoisotopic (exact) mass is 1340 g/mol. The van der Waals surface area contributed by atoms with Gasteiger partial charge in [-0.1, -0.05) is 312 Å². The van der Waals surface area contributed by atoms with E-state index in [0.29, 0.717) is 25.7 Å². The molecule has 540 valence electrons. The summed E-state index contributed by atoms with van der Waals surface area (Å²) in [5.74, 6) is 0.173. The highest BCUT2D eigenvalue weighted by Crippen LogP contribution is 2.45. The maximum Gasteiger partial charge on any atom is 0.472 e. The summed E-state index contributed by atoms with van der Waals surface area (Å²) >= 11 is 0. The zero-order chi connectivity index (χ0) is 67.3. The van der Waals surface area contributed by atoms with Crippen LogP contribution in [0, 0.1) is 17.8 Å². The van der Waals surface area contributed by atoms with Crippen molar-refractivity contribution >= 4 is 39.5 Å². The molecule has 0 bridgehead atoms. The van der Waals surface area contributed by atoms with Crippen LogP contribution in [0.3, 0.4) is 0 Å². The third kappa shape index (κ3) is 66.5. The van der Waals surface area contributed by atoms with Crippen molar-refractivity contribution in [3.05, 3.63) is 0 Å².